The Hall–Kier alpha value is -3.08. The van der Waals surface area contributed by atoms with E-state index < -0.39 is 0 Å². The number of rotatable bonds is 3. The molecule has 5 heteroatoms. The average molecular weight is 292 g/mol. The first kappa shape index (κ1) is 13.9. The fourth-order valence-electron chi connectivity index (χ4n) is 2.20. The molecule has 0 unspecified atom stereocenters. The minimum atomic E-state index is -0.376. The molecule has 0 bridgehead atoms. The van der Waals surface area contributed by atoms with Gasteiger partial charge >= 0.3 is 0 Å². The Morgan fingerprint density at radius 3 is 2.41 bits per heavy atom. The number of benzene rings is 2. The Morgan fingerprint density at radius 2 is 1.73 bits per heavy atom. The van der Waals surface area contributed by atoms with E-state index >= 15 is 0 Å². The lowest BCUT2D eigenvalue weighted by Crippen LogP contribution is -2.18. The Morgan fingerprint density at radius 1 is 1.05 bits per heavy atom. The number of nitrogens with zero attached hydrogens (tertiary/aromatic N) is 2. The van der Waals surface area contributed by atoms with Gasteiger partial charge in [0, 0.05) is 11.8 Å². The third-order valence-corrected chi connectivity index (χ3v) is 3.28. The van der Waals surface area contributed by atoms with E-state index in [0.717, 1.165) is 16.9 Å². The highest BCUT2D eigenvalue weighted by molar-refractivity contribution is 5.59. The average Bonchev–Trinajstić information content (AvgIpc) is 2.50. The number of nitrogens with one attached hydrogen (secondary N) is 1. The first-order valence-corrected chi connectivity index (χ1v) is 6.92. The van der Waals surface area contributed by atoms with Crippen LogP contribution in [0.4, 0.5) is 17.5 Å². The molecule has 22 heavy (non-hydrogen) atoms. The number of aryl methyl sites for hydroxylation is 1. The summed E-state index contributed by atoms with van der Waals surface area (Å²) in [6.07, 6.45) is 0. The van der Waals surface area contributed by atoms with E-state index in [1.54, 1.807) is 4.57 Å². The number of hydrogen-bond donors (Lipinski definition) is 2. The zero-order chi connectivity index (χ0) is 15.5. The first-order valence-electron chi connectivity index (χ1n) is 6.92. The molecule has 3 N–H and O–H groups in total. The zero-order valence-corrected chi connectivity index (χ0v) is 12.2. The van der Waals surface area contributed by atoms with Crippen LogP contribution in [-0.4, -0.2) is 9.55 Å². The molecule has 2 aromatic carbocycles. The fourth-order valence-corrected chi connectivity index (χ4v) is 2.20. The van der Waals surface area contributed by atoms with E-state index in [9.17, 15) is 4.79 Å². The Kier molecular flexibility index (Phi) is 3.62. The molecule has 3 aromatic rings. The van der Waals surface area contributed by atoms with Crippen molar-refractivity contribution in [1.29, 1.82) is 0 Å². The van der Waals surface area contributed by atoms with Gasteiger partial charge in [-0.15, -0.1) is 0 Å². The van der Waals surface area contributed by atoms with Crippen LogP contribution >= 0.6 is 0 Å². The largest absolute Gasteiger partial charge is 0.385 e. The van der Waals surface area contributed by atoms with Crippen molar-refractivity contribution >= 4 is 17.5 Å². The van der Waals surface area contributed by atoms with Crippen molar-refractivity contribution in [2.75, 3.05) is 11.1 Å². The maximum atomic E-state index is 11.7. The molecule has 0 fully saturated rings. The number of aromatic nitrogens is 2. The normalized spacial score (nSPS) is 10.4. The quantitative estimate of drug-likeness (QED) is 0.778. The van der Waals surface area contributed by atoms with Gasteiger partial charge in [-0.2, -0.15) is 4.98 Å². The zero-order valence-electron chi connectivity index (χ0n) is 12.2. The lowest BCUT2D eigenvalue weighted by atomic mass is 10.2. The van der Waals surface area contributed by atoms with Crippen LogP contribution in [0, 0.1) is 6.92 Å². The summed E-state index contributed by atoms with van der Waals surface area (Å²) in [5, 5.41) is 3.15. The van der Waals surface area contributed by atoms with Crippen LogP contribution in [0.1, 0.15) is 5.56 Å². The van der Waals surface area contributed by atoms with Crippen LogP contribution in [0.3, 0.4) is 0 Å². The van der Waals surface area contributed by atoms with E-state index in [-0.39, 0.29) is 5.56 Å². The first-order chi connectivity index (χ1) is 10.6. The summed E-state index contributed by atoms with van der Waals surface area (Å²) in [7, 11) is 0. The molecular weight excluding hydrogens is 276 g/mol. The molecule has 0 amide bonds. The molecule has 110 valence electrons. The summed E-state index contributed by atoms with van der Waals surface area (Å²) in [5.74, 6) is 0.723. The molecule has 0 aliphatic heterocycles. The summed E-state index contributed by atoms with van der Waals surface area (Å²) >= 11 is 0. The number of nitrogens with two attached hydrogens (primary N) is 1. The second-order valence-corrected chi connectivity index (χ2v) is 5.00. The smallest absolute Gasteiger partial charge is 0.276 e. The van der Waals surface area contributed by atoms with Crippen LogP contribution in [-0.2, 0) is 0 Å². The SMILES string of the molecule is Cc1ccc(Nc2nc(=O)cc(N)n2-c2ccccc2)cc1. The predicted molar refractivity (Wildman–Crippen MR) is 88.7 cm³/mol. The Bertz CT molecular complexity index is 839. The van der Waals surface area contributed by atoms with Crippen molar-refractivity contribution in [3.63, 3.8) is 0 Å². The topological polar surface area (TPSA) is 72.9 Å². The van der Waals surface area contributed by atoms with Crippen LogP contribution in [0.15, 0.2) is 65.5 Å². The highest BCUT2D eigenvalue weighted by Gasteiger charge is 2.09. The van der Waals surface area contributed by atoms with Crippen molar-refractivity contribution in [3.05, 3.63) is 76.6 Å². The summed E-state index contributed by atoms with van der Waals surface area (Å²) in [6, 6.07) is 18.7. The summed E-state index contributed by atoms with van der Waals surface area (Å²) in [5.41, 5.74) is 8.47. The van der Waals surface area contributed by atoms with Crippen LogP contribution in [0.25, 0.3) is 5.69 Å². The third-order valence-electron chi connectivity index (χ3n) is 3.28. The second-order valence-electron chi connectivity index (χ2n) is 5.00. The van der Waals surface area contributed by atoms with E-state index in [1.807, 2.05) is 61.5 Å². The lowest BCUT2D eigenvalue weighted by Gasteiger charge is -2.16. The van der Waals surface area contributed by atoms with Crippen molar-refractivity contribution in [1.82, 2.24) is 9.55 Å². The van der Waals surface area contributed by atoms with Gasteiger partial charge in [0.2, 0.25) is 5.95 Å². The molecule has 0 saturated carbocycles. The van der Waals surface area contributed by atoms with Crippen molar-refractivity contribution in [3.8, 4) is 5.69 Å². The minimum absolute atomic E-state index is 0.334. The molecule has 5 nitrogen and oxygen atoms in total. The molecule has 0 saturated heterocycles. The standard InChI is InChI=1S/C17H16N4O/c1-12-7-9-13(10-8-12)19-17-20-16(22)11-15(18)21(17)14-5-3-2-4-6-14/h2-11H,18H2,1H3,(H,19,20,22). The van der Waals surface area contributed by atoms with Gasteiger partial charge < -0.3 is 11.1 Å². The fraction of sp³-hybridized carbons (Fsp3) is 0.0588. The van der Waals surface area contributed by atoms with Gasteiger partial charge in [-0.1, -0.05) is 35.9 Å². The molecule has 1 heterocycles. The summed E-state index contributed by atoms with van der Waals surface area (Å²) < 4.78 is 1.71. The van der Waals surface area contributed by atoms with Gasteiger partial charge in [-0.3, -0.25) is 9.36 Å². The van der Waals surface area contributed by atoms with Crippen molar-refractivity contribution in [2.24, 2.45) is 0 Å². The highest BCUT2D eigenvalue weighted by atomic mass is 16.1. The Balaban J connectivity index is 2.10. The predicted octanol–water partition coefficient (Wildman–Crippen LogP) is 2.87. The van der Waals surface area contributed by atoms with Gasteiger partial charge in [0.1, 0.15) is 5.82 Å². The number of anilines is 3. The molecule has 0 spiro atoms. The van der Waals surface area contributed by atoms with Gasteiger partial charge in [-0.25, -0.2) is 0 Å². The highest BCUT2D eigenvalue weighted by Crippen LogP contribution is 2.21. The minimum Gasteiger partial charge on any atom is -0.385 e. The van der Waals surface area contributed by atoms with Gasteiger partial charge in [0.25, 0.3) is 5.56 Å². The van der Waals surface area contributed by atoms with Crippen LogP contribution in [0.2, 0.25) is 0 Å². The number of hydrogen-bond acceptors (Lipinski definition) is 4. The summed E-state index contributed by atoms with van der Waals surface area (Å²) in [4.78, 5) is 15.7. The molecule has 0 atom stereocenters. The van der Waals surface area contributed by atoms with Crippen molar-refractivity contribution < 1.29 is 0 Å². The Labute approximate surface area is 128 Å². The molecule has 0 aliphatic rings. The molecule has 0 radical (unpaired) electrons. The molecular formula is C17H16N4O. The maximum Gasteiger partial charge on any atom is 0.276 e. The summed E-state index contributed by atoms with van der Waals surface area (Å²) in [6.45, 7) is 2.02. The van der Waals surface area contributed by atoms with E-state index in [1.165, 1.54) is 6.07 Å². The molecule has 1 aromatic heterocycles. The number of nitrogen functional groups attached to an aromatic ring is 1. The van der Waals surface area contributed by atoms with Crippen molar-refractivity contribution in [2.45, 2.75) is 6.92 Å². The van der Waals surface area contributed by atoms with Crippen LogP contribution < -0.4 is 16.6 Å². The lowest BCUT2D eigenvalue weighted by molar-refractivity contribution is 0.987. The third kappa shape index (κ3) is 2.83. The maximum absolute atomic E-state index is 11.7. The molecule has 0 aliphatic carbocycles. The van der Waals surface area contributed by atoms with Gasteiger partial charge in [0.05, 0.1) is 5.69 Å². The van der Waals surface area contributed by atoms with E-state index in [2.05, 4.69) is 10.3 Å². The number of para-hydroxylation sites is 1. The van der Waals surface area contributed by atoms with Gasteiger partial charge in [0.15, 0.2) is 0 Å². The van der Waals surface area contributed by atoms with Gasteiger partial charge in [-0.05, 0) is 31.2 Å². The molecule has 3 rings (SSSR count). The second kappa shape index (κ2) is 5.73. The monoisotopic (exact) mass is 292 g/mol. The van der Waals surface area contributed by atoms with Crippen LogP contribution in [0.5, 0.6) is 0 Å². The van der Waals surface area contributed by atoms with E-state index in [0.29, 0.717) is 11.8 Å². The van der Waals surface area contributed by atoms with E-state index in [4.69, 9.17) is 5.73 Å².